The lowest BCUT2D eigenvalue weighted by Gasteiger charge is -2.28. The van der Waals surface area contributed by atoms with Gasteiger partial charge in [-0.2, -0.15) is 12.8 Å². The summed E-state index contributed by atoms with van der Waals surface area (Å²) in [5, 5.41) is 3.74. The van der Waals surface area contributed by atoms with Crippen molar-refractivity contribution in [2.75, 3.05) is 18.7 Å². The summed E-state index contributed by atoms with van der Waals surface area (Å²) >= 11 is 1.23. The van der Waals surface area contributed by atoms with Crippen molar-refractivity contribution in [2.24, 2.45) is 0 Å². The zero-order valence-electron chi connectivity index (χ0n) is 24.2. The van der Waals surface area contributed by atoms with Crippen molar-refractivity contribution in [1.82, 2.24) is 9.27 Å². The minimum Gasteiger partial charge on any atom is -0.497 e. The standard InChI is InChI=1S/C33H29N3O6S2/c1-20-8-4-5-9-24(20)31-29-26(33(38)36(31)18-21-12-14-23(41-2)15-13-21)16-22(19-42-44(3,39)40)17-27(29)34-32(37)30-25-10-6-7-11-28(25)43-35-30/h4-17,31H,18-19H2,1-3H3,(H,34,37). The smallest absolute Gasteiger partial charge is 0.276 e. The third-order valence-corrected chi connectivity index (χ3v) is 8.96. The first-order valence-corrected chi connectivity index (χ1v) is 16.4. The van der Waals surface area contributed by atoms with Gasteiger partial charge in [-0.05, 0) is 71.0 Å². The fourth-order valence-electron chi connectivity index (χ4n) is 5.51. The molecule has 11 heteroatoms. The topological polar surface area (TPSA) is 115 Å². The largest absolute Gasteiger partial charge is 0.497 e. The summed E-state index contributed by atoms with van der Waals surface area (Å²) in [5.41, 5.74) is 4.84. The number of hydrogen-bond donors (Lipinski definition) is 1. The number of nitrogens with zero attached hydrogens (tertiary/aromatic N) is 2. The highest BCUT2D eigenvalue weighted by atomic mass is 32.2. The summed E-state index contributed by atoms with van der Waals surface area (Å²) in [4.78, 5) is 29.7. The van der Waals surface area contributed by atoms with E-state index < -0.39 is 22.1 Å². The quantitative estimate of drug-likeness (QED) is 0.197. The first kappa shape index (κ1) is 29.5. The molecule has 0 radical (unpaired) electrons. The number of benzene rings is 4. The minimum absolute atomic E-state index is 0.250. The van der Waals surface area contributed by atoms with Crippen LogP contribution in [-0.2, 0) is 27.5 Å². The van der Waals surface area contributed by atoms with Gasteiger partial charge in [0, 0.05) is 28.7 Å². The van der Waals surface area contributed by atoms with Gasteiger partial charge >= 0.3 is 0 Å². The molecule has 6 rings (SSSR count). The van der Waals surface area contributed by atoms with Crippen LogP contribution in [0.25, 0.3) is 10.1 Å². The van der Waals surface area contributed by atoms with Gasteiger partial charge in [0.1, 0.15) is 11.4 Å². The first-order chi connectivity index (χ1) is 21.1. The molecular weight excluding hydrogens is 599 g/mol. The fourth-order valence-corrected chi connectivity index (χ4v) is 6.64. The average molecular weight is 628 g/mol. The third-order valence-electron chi connectivity index (χ3n) is 7.59. The van der Waals surface area contributed by atoms with Crippen LogP contribution in [0.3, 0.4) is 0 Å². The Morgan fingerprint density at radius 3 is 2.45 bits per heavy atom. The SMILES string of the molecule is COc1ccc(CN2C(=O)c3cc(COS(C)(=O)=O)cc(NC(=O)c4nsc5ccccc45)c3C2c2ccccc2C)cc1. The van der Waals surface area contributed by atoms with Gasteiger partial charge in [-0.15, -0.1) is 0 Å². The Balaban J connectivity index is 1.49. The van der Waals surface area contributed by atoms with E-state index >= 15 is 0 Å². The second-order valence-electron chi connectivity index (χ2n) is 10.6. The highest BCUT2D eigenvalue weighted by molar-refractivity contribution is 7.85. The maximum atomic E-state index is 14.2. The van der Waals surface area contributed by atoms with E-state index in [9.17, 15) is 18.0 Å². The highest BCUT2D eigenvalue weighted by Crippen LogP contribution is 2.45. The summed E-state index contributed by atoms with van der Waals surface area (Å²) in [7, 11) is -2.17. The van der Waals surface area contributed by atoms with E-state index in [1.54, 1.807) is 24.1 Å². The molecule has 1 atom stereocenters. The van der Waals surface area contributed by atoms with Crippen molar-refractivity contribution >= 4 is 49.2 Å². The number of fused-ring (bicyclic) bond motifs is 2. The van der Waals surface area contributed by atoms with Gasteiger partial charge < -0.3 is 15.0 Å². The lowest BCUT2D eigenvalue weighted by atomic mass is 9.92. The van der Waals surface area contributed by atoms with Gasteiger partial charge in [0.15, 0.2) is 0 Å². The normalized spacial score (nSPS) is 14.6. The maximum absolute atomic E-state index is 14.2. The minimum atomic E-state index is -3.76. The van der Waals surface area contributed by atoms with Crippen molar-refractivity contribution in [1.29, 1.82) is 0 Å². The number of ether oxygens (including phenoxy) is 1. The van der Waals surface area contributed by atoms with Crippen LogP contribution in [0.4, 0.5) is 5.69 Å². The van der Waals surface area contributed by atoms with Crippen molar-refractivity contribution < 1.29 is 26.9 Å². The molecule has 0 saturated heterocycles. The molecular formula is C33H29N3O6S2. The van der Waals surface area contributed by atoms with E-state index in [0.29, 0.717) is 28.1 Å². The van der Waals surface area contributed by atoms with Crippen molar-refractivity contribution in [2.45, 2.75) is 26.1 Å². The number of amides is 2. The number of hydrogen-bond acceptors (Lipinski definition) is 8. The van der Waals surface area contributed by atoms with Gasteiger partial charge in [-0.1, -0.05) is 54.6 Å². The second kappa shape index (κ2) is 11.8. The average Bonchev–Trinajstić information content (AvgIpc) is 3.56. The van der Waals surface area contributed by atoms with Crippen LogP contribution in [0.5, 0.6) is 5.75 Å². The number of rotatable bonds is 9. The van der Waals surface area contributed by atoms with Gasteiger partial charge in [-0.25, -0.2) is 0 Å². The van der Waals surface area contributed by atoms with E-state index in [2.05, 4.69) is 9.69 Å². The zero-order valence-corrected chi connectivity index (χ0v) is 25.9. The van der Waals surface area contributed by atoms with Crippen molar-refractivity contribution in [3.63, 3.8) is 0 Å². The predicted molar refractivity (Wildman–Crippen MR) is 170 cm³/mol. The molecule has 0 saturated carbocycles. The Kier molecular flexibility index (Phi) is 7.93. The van der Waals surface area contributed by atoms with Crippen molar-refractivity contribution in [3.05, 3.63) is 124 Å². The van der Waals surface area contributed by atoms with Crippen LogP contribution in [0.15, 0.2) is 84.9 Å². The van der Waals surface area contributed by atoms with E-state index in [-0.39, 0.29) is 24.8 Å². The number of anilines is 1. The Morgan fingerprint density at radius 2 is 1.73 bits per heavy atom. The molecule has 1 N–H and O–H groups in total. The number of carbonyl (C=O) groups is 2. The van der Waals surface area contributed by atoms with E-state index in [1.165, 1.54) is 11.5 Å². The van der Waals surface area contributed by atoms with Crippen LogP contribution < -0.4 is 10.1 Å². The maximum Gasteiger partial charge on any atom is 0.276 e. The molecule has 1 unspecified atom stereocenters. The lowest BCUT2D eigenvalue weighted by Crippen LogP contribution is -2.29. The molecule has 4 aromatic carbocycles. The Labute approximate surface area is 259 Å². The number of carbonyl (C=O) groups excluding carboxylic acids is 2. The number of methoxy groups -OCH3 is 1. The van der Waals surface area contributed by atoms with Gasteiger partial charge in [0.2, 0.25) is 0 Å². The van der Waals surface area contributed by atoms with E-state index in [0.717, 1.165) is 33.0 Å². The Hall–Kier alpha value is -4.58. The molecule has 1 aliphatic rings. The highest BCUT2D eigenvalue weighted by Gasteiger charge is 2.41. The molecule has 1 aliphatic heterocycles. The second-order valence-corrected chi connectivity index (χ2v) is 13.0. The summed E-state index contributed by atoms with van der Waals surface area (Å²) < 4.78 is 39.3. The number of aryl methyl sites for hydroxylation is 1. The monoisotopic (exact) mass is 627 g/mol. The van der Waals surface area contributed by atoms with Crippen LogP contribution in [-0.4, -0.2) is 42.9 Å². The molecule has 0 spiro atoms. The predicted octanol–water partition coefficient (Wildman–Crippen LogP) is 6.09. The summed E-state index contributed by atoms with van der Waals surface area (Å²) in [5.74, 6) is 0.0191. The summed E-state index contributed by atoms with van der Waals surface area (Å²) in [6, 6.07) is 25.6. The van der Waals surface area contributed by atoms with Crippen LogP contribution in [0, 0.1) is 6.92 Å². The van der Waals surface area contributed by atoms with Gasteiger partial charge in [0.25, 0.3) is 21.9 Å². The molecule has 44 heavy (non-hydrogen) atoms. The van der Waals surface area contributed by atoms with Crippen LogP contribution in [0.2, 0.25) is 0 Å². The fraction of sp³-hybridized carbons (Fsp3) is 0.182. The molecule has 0 bridgehead atoms. The molecule has 2 heterocycles. The number of nitrogens with one attached hydrogen (secondary N) is 1. The van der Waals surface area contributed by atoms with E-state index in [4.69, 9.17) is 8.92 Å². The molecule has 2 amide bonds. The number of aromatic nitrogens is 1. The zero-order chi connectivity index (χ0) is 31.0. The Bertz CT molecular complexity index is 2000. The molecule has 224 valence electrons. The molecule has 5 aromatic rings. The molecule has 1 aromatic heterocycles. The van der Waals surface area contributed by atoms with Crippen LogP contribution >= 0.6 is 11.5 Å². The molecule has 0 aliphatic carbocycles. The molecule has 0 fully saturated rings. The van der Waals surface area contributed by atoms with Gasteiger partial charge in [-0.3, -0.25) is 13.8 Å². The first-order valence-electron chi connectivity index (χ1n) is 13.8. The summed E-state index contributed by atoms with van der Waals surface area (Å²) in [6.07, 6.45) is 0.965. The van der Waals surface area contributed by atoms with Crippen LogP contribution in [0.1, 0.15) is 54.7 Å². The van der Waals surface area contributed by atoms with Gasteiger partial charge in [0.05, 0.1) is 30.7 Å². The molecule has 9 nitrogen and oxygen atoms in total. The Morgan fingerprint density at radius 1 is 1.00 bits per heavy atom. The van der Waals surface area contributed by atoms with E-state index in [1.807, 2.05) is 79.7 Å². The lowest BCUT2D eigenvalue weighted by molar-refractivity contribution is 0.0735. The third kappa shape index (κ3) is 5.81. The summed E-state index contributed by atoms with van der Waals surface area (Å²) in [6.45, 7) is 1.97. The van der Waals surface area contributed by atoms with Crippen molar-refractivity contribution in [3.8, 4) is 5.75 Å².